The van der Waals surface area contributed by atoms with Gasteiger partial charge in [0.05, 0.1) is 5.38 Å². The van der Waals surface area contributed by atoms with E-state index in [9.17, 15) is 4.79 Å². The van der Waals surface area contributed by atoms with Gasteiger partial charge >= 0.3 is 6.16 Å². The fourth-order valence-corrected chi connectivity index (χ4v) is 1.84. The standard InChI is InChI=1S/C7H7ClO3S/c1-4(8)5-2-3-12-6(5)11-7(9)10/h2-4H,1H3,(H,9,10). The van der Waals surface area contributed by atoms with E-state index in [1.54, 1.807) is 18.4 Å². The summed E-state index contributed by atoms with van der Waals surface area (Å²) in [5, 5.41) is 10.2. The minimum atomic E-state index is -1.31. The van der Waals surface area contributed by atoms with E-state index in [1.165, 1.54) is 11.3 Å². The van der Waals surface area contributed by atoms with Gasteiger partial charge in [-0.15, -0.1) is 22.9 Å². The molecule has 1 unspecified atom stereocenters. The molecule has 0 aliphatic heterocycles. The van der Waals surface area contributed by atoms with Crippen LogP contribution in [0.25, 0.3) is 0 Å². The lowest BCUT2D eigenvalue weighted by atomic mass is 10.2. The molecule has 1 N–H and O–H groups in total. The molecule has 5 heteroatoms. The molecule has 1 rings (SSSR count). The molecule has 1 aromatic rings. The van der Waals surface area contributed by atoms with E-state index in [0.29, 0.717) is 10.6 Å². The Labute approximate surface area is 78.5 Å². The predicted octanol–water partition coefficient (Wildman–Crippen LogP) is 3.10. The van der Waals surface area contributed by atoms with Crippen LogP contribution < -0.4 is 4.74 Å². The topological polar surface area (TPSA) is 46.5 Å². The van der Waals surface area contributed by atoms with Gasteiger partial charge in [0.2, 0.25) is 0 Å². The molecule has 0 saturated carbocycles. The molecule has 0 radical (unpaired) electrons. The monoisotopic (exact) mass is 206 g/mol. The van der Waals surface area contributed by atoms with Crippen molar-refractivity contribution >= 4 is 29.1 Å². The fraction of sp³-hybridized carbons (Fsp3) is 0.286. The largest absolute Gasteiger partial charge is 0.512 e. The van der Waals surface area contributed by atoms with Crippen LogP contribution in [0.2, 0.25) is 0 Å². The second-order valence-corrected chi connectivity index (χ2v) is 3.68. The summed E-state index contributed by atoms with van der Waals surface area (Å²) in [6.45, 7) is 1.76. The van der Waals surface area contributed by atoms with Crippen LogP contribution in [0, 0.1) is 0 Å². The molecular weight excluding hydrogens is 200 g/mol. The molecule has 3 nitrogen and oxygen atoms in total. The SMILES string of the molecule is CC(Cl)c1ccsc1OC(=O)O. The van der Waals surface area contributed by atoms with E-state index < -0.39 is 6.16 Å². The molecule has 0 bridgehead atoms. The number of thiophene rings is 1. The molecule has 0 spiro atoms. The van der Waals surface area contributed by atoms with Gasteiger partial charge in [0, 0.05) is 5.56 Å². The van der Waals surface area contributed by atoms with Crippen molar-refractivity contribution in [3.8, 4) is 5.06 Å². The number of ether oxygens (including phenoxy) is 1. The maximum absolute atomic E-state index is 10.2. The third-order valence-corrected chi connectivity index (χ3v) is 2.31. The zero-order valence-electron chi connectivity index (χ0n) is 6.28. The van der Waals surface area contributed by atoms with Crippen molar-refractivity contribution in [2.75, 3.05) is 0 Å². The lowest BCUT2D eigenvalue weighted by Crippen LogP contribution is -2.03. The van der Waals surface area contributed by atoms with Gasteiger partial charge in [-0.05, 0) is 18.4 Å². The number of hydrogen-bond donors (Lipinski definition) is 1. The minimum absolute atomic E-state index is 0.231. The van der Waals surface area contributed by atoms with E-state index >= 15 is 0 Å². The molecule has 1 heterocycles. The highest BCUT2D eigenvalue weighted by Gasteiger charge is 2.13. The van der Waals surface area contributed by atoms with Crippen molar-refractivity contribution in [3.05, 3.63) is 17.0 Å². The van der Waals surface area contributed by atoms with Gasteiger partial charge in [-0.3, -0.25) is 0 Å². The van der Waals surface area contributed by atoms with E-state index in [-0.39, 0.29) is 5.38 Å². The van der Waals surface area contributed by atoms with Gasteiger partial charge in [-0.1, -0.05) is 0 Å². The number of hydrogen-bond acceptors (Lipinski definition) is 3. The molecule has 12 heavy (non-hydrogen) atoms. The Morgan fingerprint density at radius 1 is 1.83 bits per heavy atom. The molecule has 1 atom stereocenters. The van der Waals surface area contributed by atoms with Crippen LogP contribution in [0.4, 0.5) is 4.79 Å². The average Bonchev–Trinajstić information content (AvgIpc) is 2.33. The summed E-state index contributed by atoms with van der Waals surface area (Å²) < 4.78 is 4.50. The first-order chi connectivity index (χ1) is 5.61. The summed E-state index contributed by atoms with van der Waals surface area (Å²) in [7, 11) is 0. The molecule has 0 amide bonds. The van der Waals surface area contributed by atoms with E-state index in [4.69, 9.17) is 16.7 Å². The number of carbonyl (C=O) groups is 1. The van der Waals surface area contributed by atoms with Crippen molar-refractivity contribution in [2.24, 2.45) is 0 Å². The lowest BCUT2D eigenvalue weighted by Gasteiger charge is -2.02. The summed E-state index contributed by atoms with van der Waals surface area (Å²) >= 11 is 6.99. The fourth-order valence-electron chi connectivity index (χ4n) is 0.762. The van der Waals surface area contributed by atoms with Crippen LogP contribution in [0.3, 0.4) is 0 Å². The smallest absolute Gasteiger partial charge is 0.449 e. The molecule has 1 aromatic heterocycles. The first-order valence-electron chi connectivity index (χ1n) is 3.23. The first-order valence-corrected chi connectivity index (χ1v) is 4.55. The quantitative estimate of drug-likeness (QED) is 0.598. The second-order valence-electron chi connectivity index (χ2n) is 2.15. The zero-order valence-corrected chi connectivity index (χ0v) is 7.85. The highest BCUT2D eigenvalue weighted by Crippen LogP contribution is 2.34. The van der Waals surface area contributed by atoms with Crippen molar-refractivity contribution in [1.82, 2.24) is 0 Å². The summed E-state index contributed by atoms with van der Waals surface area (Å²) in [5.41, 5.74) is 0.712. The van der Waals surface area contributed by atoms with Gasteiger partial charge in [0.1, 0.15) is 0 Å². The predicted molar refractivity (Wildman–Crippen MR) is 47.2 cm³/mol. The Morgan fingerprint density at radius 2 is 2.50 bits per heavy atom. The maximum atomic E-state index is 10.2. The molecule has 0 fully saturated rings. The molecule has 0 aliphatic rings. The Balaban J connectivity index is 2.84. The number of rotatable bonds is 2. The first kappa shape index (κ1) is 9.35. The summed E-state index contributed by atoms with van der Waals surface area (Å²) in [6.07, 6.45) is -1.31. The summed E-state index contributed by atoms with van der Waals surface area (Å²) in [5.74, 6) is 0. The normalized spacial score (nSPS) is 12.5. The van der Waals surface area contributed by atoms with Crippen molar-refractivity contribution < 1.29 is 14.6 Å². The summed E-state index contributed by atoms with van der Waals surface area (Å²) in [6, 6.07) is 1.75. The average molecular weight is 207 g/mol. The van der Waals surface area contributed by atoms with E-state index in [2.05, 4.69) is 4.74 Å². The summed E-state index contributed by atoms with van der Waals surface area (Å²) in [4.78, 5) is 10.2. The van der Waals surface area contributed by atoms with Crippen molar-refractivity contribution in [1.29, 1.82) is 0 Å². The van der Waals surface area contributed by atoms with E-state index in [1.807, 2.05) is 0 Å². The van der Waals surface area contributed by atoms with Crippen molar-refractivity contribution in [2.45, 2.75) is 12.3 Å². The molecule has 0 aromatic carbocycles. The van der Waals surface area contributed by atoms with Crippen LogP contribution in [0.1, 0.15) is 17.9 Å². The Kier molecular flexibility index (Phi) is 2.94. The number of carboxylic acid groups (broad SMARTS) is 1. The molecule has 0 saturated heterocycles. The Hall–Kier alpha value is -0.740. The van der Waals surface area contributed by atoms with Crippen LogP contribution in [0.5, 0.6) is 5.06 Å². The van der Waals surface area contributed by atoms with E-state index in [0.717, 1.165) is 0 Å². The van der Waals surface area contributed by atoms with Gasteiger partial charge in [-0.2, -0.15) is 0 Å². The third-order valence-electron chi connectivity index (χ3n) is 1.27. The highest BCUT2D eigenvalue weighted by atomic mass is 35.5. The highest BCUT2D eigenvalue weighted by molar-refractivity contribution is 7.12. The maximum Gasteiger partial charge on any atom is 0.512 e. The van der Waals surface area contributed by atoms with Gasteiger partial charge in [-0.25, -0.2) is 4.79 Å². The van der Waals surface area contributed by atoms with Crippen molar-refractivity contribution in [3.63, 3.8) is 0 Å². The molecule has 0 aliphatic carbocycles. The van der Waals surface area contributed by atoms with Gasteiger partial charge in [0.25, 0.3) is 0 Å². The molecule has 66 valence electrons. The minimum Gasteiger partial charge on any atom is -0.449 e. The van der Waals surface area contributed by atoms with Crippen LogP contribution in [-0.2, 0) is 0 Å². The third kappa shape index (κ3) is 2.12. The Morgan fingerprint density at radius 3 is 3.00 bits per heavy atom. The Bertz CT molecular complexity index is 282. The second kappa shape index (κ2) is 3.78. The lowest BCUT2D eigenvalue weighted by molar-refractivity contribution is 0.145. The number of alkyl halides is 1. The zero-order chi connectivity index (χ0) is 9.14. The number of halogens is 1. The van der Waals surface area contributed by atoms with Gasteiger partial charge < -0.3 is 9.84 Å². The molecular formula is C7H7ClO3S. The van der Waals surface area contributed by atoms with Crippen LogP contribution in [-0.4, -0.2) is 11.3 Å². The van der Waals surface area contributed by atoms with Gasteiger partial charge in [0.15, 0.2) is 5.06 Å². The van der Waals surface area contributed by atoms with Crippen LogP contribution in [0.15, 0.2) is 11.4 Å². The van der Waals surface area contributed by atoms with Crippen LogP contribution >= 0.6 is 22.9 Å².